The second kappa shape index (κ2) is 42.0. The molecule has 0 aromatic rings. The minimum absolute atomic E-state index is 0.0650. The van der Waals surface area contributed by atoms with Gasteiger partial charge in [-0.05, 0) is 31.1 Å². The van der Waals surface area contributed by atoms with Gasteiger partial charge in [0.15, 0.2) is 6.10 Å². The number of hydrogen-bond acceptors (Lipinski definition) is 6. The van der Waals surface area contributed by atoms with Crippen LogP contribution in [-0.2, 0) is 28.6 Å². The van der Waals surface area contributed by atoms with E-state index in [1.165, 1.54) is 154 Å². The molecule has 1 atom stereocenters. The Hall–Kier alpha value is -1.59. The minimum atomic E-state index is -0.761. The molecule has 0 spiro atoms. The fraction of sp³-hybridized carbons (Fsp3) is 0.939. The van der Waals surface area contributed by atoms with Gasteiger partial charge in [0.2, 0.25) is 0 Å². The van der Waals surface area contributed by atoms with Gasteiger partial charge < -0.3 is 14.2 Å². The third-order valence-electron chi connectivity index (χ3n) is 11.0. The van der Waals surface area contributed by atoms with E-state index in [0.717, 1.165) is 69.6 Å². The van der Waals surface area contributed by atoms with Gasteiger partial charge in [-0.2, -0.15) is 0 Å². The first-order chi connectivity index (χ1) is 26.7. The van der Waals surface area contributed by atoms with E-state index >= 15 is 0 Å². The normalized spacial score (nSPS) is 12.1. The molecule has 6 nitrogen and oxygen atoms in total. The van der Waals surface area contributed by atoms with Crippen LogP contribution in [0, 0.1) is 11.8 Å². The van der Waals surface area contributed by atoms with Gasteiger partial charge in [0.1, 0.15) is 13.2 Å². The number of rotatable bonds is 43. The fourth-order valence-corrected chi connectivity index (χ4v) is 7.28. The second-order valence-corrected chi connectivity index (χ2v) is 17.7. The van der Waals surface area contributed by atoms with Crippen LogP contribution in [0.15, 0.2) is 0 Å². The van der Waals surface area contributed by atoms with E-state index < -0.39 is 6.10 Å². The van der Waals surface area contributed by atoms with E-state index in [9.17, 15) is 14.4 Å². The predicted octanol–water partition coefficient (Wildman–Crippen LogP) is 15.4. The SMILES string of the molecule is CCCCCCCCCCCCCCCCC(=O)O[C@H](COC(=O)CCCCCCCCCCCCCC(C)C)COC(=O)CCCCCCCCC(C)C. The van der Waals surface area contributed by atoms with Crippen LogP contribution in [0.1, 0.15) is 266 Å². The van der Waals surface area contributed by atoms with Crippen LogP contribution < -0.4 is 0 Å². The second-order valence-electron chi connectivity index (χ2n) is 17.7. The Kier molecular flexibility index (Phi) is 40.8. The first kappa shape index (κ1) is 53.4. The Labute approximate surface area is 342 Å². The van der Waals surface area contributed by atoms with Crippen LogP contribution in [0.5, 0.6) is 0 Å². The molecule has 326 valence electrons. The first-order valence-electron chi connectivity index (χ1n) is 24.2. The third kappa shape index (κ3) is 43.4. The summed E-state index contributed by atoms with van der Waals surface area (Å²) in [5, 5.41) is 0. The highest BCUT2D eigenvalue weighted by Gasteiger charge is 2.19. The summed E-state index contributed by atoms with van der Waals surface area (Å²) in [5.74, 6) is 0.733. The molecule has 0 fully saturated rings. The molecule has 0 aromatic carbocycles. The van der Waals surface area contributed by atoms with Crippen LogP contribution >= 0.6 is 0 Å². The molecule has 0 aliphatic heterocycles. The van der Waals surface area contributed by atoms with E-state index in [-0.39, 0.29) is 31.1 Å². The van der Waals surface area contributed by atoms with Crippen molar-refractivity contribution in [2.45, 2.75) is 272 Å². The van der Waals surface area contributed by atoms with Crippen LogP contribution in [-0.4, -0.2) is 37.2 Å². The first-order valence-corrected chi connectivity index (χ1v) is 24.2. The van der Waals surface area contributed by atoms with Gasteiger partial charge in [0.25, 0.3) is 0 Å². The largest absolute Gasteiger partial charge is 0.462 e. The maximum Gasteiger partial charge on any atom is 0.306 e. The molecule has 0 rings (SSSR count). The Bertz CT molecular complexity index is 839. The van der Waals surface area contributed by atoms with Crippen molar-refractivity contribution < 1.29 is 28.6 Å². The van der Waals surface area contributed by atoms with Gasteiger partial charge in [-0.15, -0.1) is 0 Å². The number of hydrogen-bond donors (Lipinski definition) is 0. The summed E-state index contributed by atoms with van der Waals surface area (Å²) in [7, 11) is 0. The molecular formula is C49H94O6. The standard InChI is InChI=1S/C49H94O6/c1-6-7-8-9-10-11-12-13-14-17-21-24-31-36-41-49(52)55-46(43-54-48(51)40-35-30-26-25-28-33-38-45(4)5)42-53-47(50)39-34-29-23-20-18-15-16-19-22-27-32-37-44(2)3/h44-46H,6-43H2,1-5H3/t46-/m1/s1. The van der Waals surface area contributed by atoms with Crippen molar-refractivity contribution in [3.05, 3.63) is 0 Å². The van der Waals surface area contributed by atoms with Crippen LogP contribution in [0.4, 0.5) is 0 Å². The van der Waals surface area contributed by atoms with Crippen molar-refractivity contribution in [1.29, 1.82) is 0 Å². The Morgan fingerprint density at radius 1 is 0.345 bits per heavy atom. The average molecular weight is 779 g/mol. The topological polar surface area (TPSA) is 78.9 Å². The molecule has 0 aliphatic rings. The van der Waals surface area contributed by atoms with Crippen molar-refractivity contribution in [3.8, 4) is 0 Å². The lowest BCUT2D eigenvalue weighted by molar-refractivity contribution is -0.167. The summed E-state index contributed by atoms with van der Waals surface area (Å²) in [6, 6.07) is 0. The molecule has 6 heteroatoms. The lowest BCUT2D eigenvalue weighted by Gasteiger charge is -2.18. The number of carbonyl (C=O) groups is 3. The molecule has 0 saturated carbocycles. The summed E-state index contributed by atoms with van der Waals surface area (Å²) in [6.07, 6.45) is 41.0. The van der Waals surface area contributed by atoms with Gasteiger partial charge >= 0.3 is 17.9 Å². The van der Waals surface area contributed by atoms with Crippen molar-refractivity contribution >= 4 is 17.9 Å². The highest BCUT2D eigenvalue weighted by molar-refractivity contribution is 5.71. The van der Waals surface area contributed by atoms with E-state index in [1.807, 2.05) is 0 Å². The molecule has 0 bridgehead atoms. The number of esters is 3. The zero-order valence-corrected chi connectivity index (χ0v) is 37.6. The van der Waals surface area contributed by atoms with Crippen molar-refractivity contribution in [1.82, 2.24) is 0 Å². The van der Waals surface area contributed by atoms with Crippen LogP contribution in [0.25, 0.3) is 0 Å². The zero-order chi connectivity index (χ0) is 40.5. The summed E-state index contributed by atoms with van der Waals surface area (Å²) in [5.41, 5.74) is 0. The van der Waals surface area contributed by atoms with Crippen molar-refractivity contribution in [3.63, 3.8) is 0 Å². The van der Waals surface area contributed by atoms with Gasteiger partial charge in [-0.25, -0.2) is 0 Å². The monoisotopic (exact) mass is 779 g/mol. The molecule has 0 unspecified atom stereocenters. The minimum Gasteiger partial charge on any atom is -0.462 e. The van der Waals surface area contributed by atoms with Gasteiger partial charge in [-0.1, -0.05) is 227 Å². The Morgan fingerprint density at radius 3 is 0.891 bits per heavy atom. The van der Waals surface area contributed by atoms with Gasteiger partial charge in [0, 0.05) is 19.3 Å². The fourth-order valence-electron chi connectivity index (χ4n) is 7.28. The van der Waals surface area contributed by atoms with E-state index in [2.05, 4.69) is 34.6 Å². The number of ether oxygens (including phenoxy) is 3. The molecule has 0 radical (unpaired) electrons. The highest BCUT2D eigenvalue weighted by atomic mass is 16.6. The summed E-state index contributed by atoms with van der Waals surface area (Å²) < 4.78 is 16.7. The summed E-state index contributed by atoms with van der Waals surface area (Å²) in [6.45, 7) is 11.3. The Balaban J connectivity index is 4.30. The predicted molar refractivity (Wildman–Crippen MR) is 233 cm³/mol. The molecule has 0 aliphatic carbocycles. The van der Waals surface area contributed by atoms with Gasteiger partial charge in [-0.3, -0.25) is 14.4 Å². The number of carbonyl (C=O) groups excluding carboxylic acids is 3. The quantitative estimate of drug-likeness (QED) is 0.0348. The molecule has 0 N–H and O–H groups in total. The number of unbranched alkanes of at least 4 members (excludes halogenated alkanes) is 28. The van der Waals surface area contributed by atoms with E-state index in [0.29, 0.717) is 19.3 Å². The molecule has 55 heavy (non-hydrogen) atoms. The summed E-state index contributed by atoms with van der Waals surface area (Å²) >= 11 is 0. The smallest absolute Gasteiger partial charge is 0.306 e. The average Bonchev–Trinajstić information content (AvgIpc) is 3.15. The maximum absolute atomic E-state index is 12.7. The van der Waals surface area contributed by atoms with Crippen molar-refractivity contribution in [2.75, 3.05) is 13.2 Å². The van der Waals surface area contributed by atoms with E-state index in [4.69, 9.17) is 14.2 Å². The van der Waals surface area contributed by atoms with Crippen molar-refractivity contribution in [2.24, 2.45) is 11.8 Å². The molecule has 0 saturated heterocycles. The Morgan fingerprint density at radius 2 is 0.600 bits per heavy atom. The maximum atomic E-state index is 12.7. The van der Waals surface area contributed by atoms with Gasteiger partial charge in [0.05, 0.1) is 0 Å². The zero-order valence-electron chi connectivity index (χ0n) is 37.6. The molecule has 0 amide bonds. The van der Waals surface area contributed by atoms with Crippen LogP contribution in [0.2, 0.25) is 0 Å². The lowest BCUT2D eigenvalue weighted by atomic mass is 10.0. The summed E-state index contributed by atoms with van der Waals surface area (Å²) in [4.78, 5) is 37.8. The molecular weight excluding hydrogens is 685 g/mol. The molecule has 0 heterocycles. The molecule has 0 aromatic heterocycles. The highest BCUT2D eigenvalue weighted by Crippen LogP contribution is 2.17. The lowest BCUT2D eigenvalue weighted by Crippen LogP contribution is -2.30. The van der Waals surface area contributed by atoms with E-state index in [1.54, 1.807) is 0 Å². The third-order valence-corrected chi connectivity index (χ3v) is 11.0. The van der Waals surface area contributed by atoms with Crippen LogP contribution in [0.3, 0.4) is 0 Å².